The fourth-order valence-corrected chi connectivity index (χ4v) is 3.19. The number of carbonyl (C=O) groups is 2. The molecule has 120 valence electrons. The first-order valence-electron chi connectivity index (χ1n) is 7.83. The van der Waals surface area contributed by atoms with Crippen molar-refractivity contribution in [3.63, 3.8) is 0 Å². The highest BCUT2D eigenvalue weighted by Crippen LogP contribution is 2.31. The summed E-state index contributed by atoms with van der Waals surface area (Å²) in [5.74, 6) is 0.000309. The van der Waals surface area contributed by atoms with Crippen molar-refractivity contribution >= 4 is 28.3 Å². The Kier molecular flexibility index (Phi) is 4.03. The van der Waals surface area contributed by atoms with Crippen LogP contribution in [-0.2, 0) is 16.1 Å². The number of hydrogen-bond acceptors (Lipinski definition) is 3. The second-order valence-corrected chi connectivity index (χ2v) is 6.95. The third kappa shape index (κ3) is 3.67. The predicted molar refractivity (Wildman–Crippen MR) is 90.2 cm³/mol. The van der Waals surface area contributed by atoms with E-state index >= 15 is 0 Å². The molecule has 3 rings (SSSR count). The largest absolute Gasteiger partial charge is 0.338 e. The Bertz CT molecular complexity index is 786. The van der Waals surface area contributed by atoms with Gasteiger partial charge in [-0.3, -0.25) is 9.59 Å². The SMILES string of the molecule is CC1(C)CC(=O)C/C(=N/NC(=O)Cn2ccc3ccccc32)C1. The van der Waals surface area contributed by atoms with E-state index in [2.05, 4.69) is 10.5 Å². The van der Waals surface area contributed by atoms with Gasteiger partial charge >= 0.3 is 0 Å². The first-order chi connectivity index (χ1) is 10.9. The molecule has 1 amide bonds. The molecule has 5 heteroatoms. The molecule has 0 radical (unpaired) electrons. The zero-order valence-electron chi connectivity index (χ0n) is 13.5. The summed E-state index contributed by atoms with van der Waals surface area (Å²) < 4.78 is 1.89. The lowest BCUT2D eigenvalue weighted by molar-refractivity contribution is -0.122. The molecule has 0 bridgehead atoms. The minimum atomic E-state index is -0.185. The van der Waals surface area contributed by atoms with Crippen molar-refractivity contribution in [2.75, 3.05) is 0 Å². The van der Waals surface area contributed by atoms with Crippen molar-refractivity contribution in [1.82, 2.24) is 9.99 Å². The van der Waals surface area contributed by atoms with Gasteiger partial charge in [-0.25, -0.2) is 5.43 Å². The molecular formula is C18H21N3O2. The number of benzene rings is 1. The lowest BCUT2D eigenvalue weighted by atomic mass is 9.76. The van der Waals surface area contributed by atoms with E-state index < -0.39 is 0 Å². The van der Waals surface area contributed by atoms with Gasteiger partial charge in [-0.2, -0.15) is 5.10 Å². The van der Waals surface area contributed by atoms with Gasteiger partial charge in [-0.15, -0.1) is 0 Å². The maximum Gasteiger partial charge on any atom is 0.259 e. The van der Waals surface area contributed by atoms with Crippen LogP contribution in [0.2, 0.25) is 0 Å². The molecule has 1 aliphatic carbocycles. The van der Waals surface area contributed by atoms with Gasteiger partial charge < -0.3 is 4.57 Å². The number of para-hydroxylation sites is 1. The Morgan fingerprint density at radius 1 is 1.26 bits per heavy atom. The van der Waals surface area contributed by atoms with Crippen LogP contribution in [0.5, 0.6) is 0 Å². The van der Waals surface area contributed by atoms with Crippen LogP contribution in [0.15, 0.2) is 41.6 Å². The third-order valence-electron chi connectivity index (χ3n) is 4.09. The molecule has 0 saturated heterocycles. The van der Waals surface area contributed by atoms with E-state index in [0.29, 0.717) is 12.8 Å². The Balaban J connectivity index is 1.65. The average molecular weight is 311 g/mol. The number of rotatable bonds is 3. The van der Waals surface area contributed by atoms with Crippen LogP contribution in [0.25, 0.3) is 10.9 Å². The Labute approximate surface area is 135 Å². The van der Waals surface area contributed by atoms with Gasteiger partial charge in [-0.1, -0.05) is 32.0 Å². The highest BCUT2D eigenvalue weighted by Gasteiger charge is 2.30. The van der Waals surface area contributed by atoms with E-state index in [1.54, 1.807) is 0 Å². The maximum atomic E-state index is 12.1. The molecule has 5 nitrogen and oxygen atoms in total. The minimum absolute atomic E-state index is 0.0739. The summed E-state index contributed by atoms with van der Waals surface area (Å²) in [4.78, 5) is 23.9. The Hall–Kier alpha value is -2.43. The number of Topliss-reactive ketones (excluding diaryl/α,β-unsaturated/α-hetero) is 1. The fourth-order valence-electron chi connectivity index (χ4n) is 3.19. The molecule has 23 heavy (non-hydrogen) atoms. The van der Waals surface area contributed by atoms with Crippen molar-refractivity contribution in [2.45, 2.75) is 39.7 Å². The number of ketones is 1. The van der Waals surface area contributed by atoms with Crippen molar-refractivity contribution in [3.8, 4) is 0 Å². The normalized spacial score (nSPS) is 19.2. The summed E-state index contributed by atoms with van der Waals surface area (Å²) in [6.07, 6.45) is 3.56. The molecule has 1 N–H and O–H groups in total. The summed E-state index contributed by atoms with van der Waals surface area (Å²) >= 11 is 0. The number of fused-ring (bicyclic) bond motifs is 1. The van der Waals surface area contributed by atoms with Crippen LogP contribution in [0.1, 0.15) is 33.1 Å². The molecule has 1 saturated carbocycles. The number of amides is 1. The van der Waals surface area contributed by atoms with Gasteiger partial charge in [0.25, 0.3) is 5.91 Å². The number of nitrogens with zero attached hydrogens (tertiary/aromatic N) is 2. The number of hydrogen-bond donors (Lipinski definition) is 1. The molecular weight excluding hydrogens is 290 g/mol. The lowest BCUT2D eigenvalue weighted by Crippen LogP contribution is -2.31. The van der Waals surface area contributed by atoms with Crippen molar-refractivity contribution in [1.29, 1.82) is 0 Å². The molecule has 0 aliphatic heterocycles. The van der Waals surface area contributed by atoms with Crippen LogP contribution >= 0.6 is 0 Å². The second kappa shape index (κ2) is 5.99. The summed E-state index contributed by atoms with van der Waals surface area (Å²) in [6.45, 7) is 4.31. The highest BCUT2D eigenvalue weighted by molar-refractivity contribution is 6.05. The van der Waals surface area contributed by atoms with E-state index in [1.165, 1.54) is 0 Å². The third-order valence-corrected chi connectivity index (χ3v) is 4.09. The van der Waals surface area contributed by atoms with E-state index in [0.717, 1.165) is 23.0 Å². The zero-order chi connectivity index (χ0) is 16.4. The molecule has 1 fully saturated rings. The van der Waals surface area contributed by atoms with Gasteiger partial charge in [0.1, 0.15) is 12.3 Å². The first kappa shape index (κ1) is 15.5. The van der Waals surface area contributed by atoms with Gasteiger partial charge in [0, 0.05) is 30.3 Å². The quantitative estimate of drug-likeness (QED) is 0.886. The highest BCUT2D eigenvalue weighted by atomic mass is 16.2. The van der Waals surface area contributed by atoms with Crippen LogP contribution in [0.3, 0.4) is 0 Å². The number of aromatic nitrogens is 1. The summed E-state index contributed by atoms with van der Waals surface area (Å²) in [6, 6.07) is 9.90. The topological polar surface area (TPSA) is 63.5 Å². The van der Waals surface area contributed by atoms with Crippen LogP contribution in [-0.4, -0.2) is 22.0 Å². The Morgan fingerprint density at radius 2 is 2.04 bits per heavy atom. The van der Waals surface area contributed by atoms with Crippen molar-refractivity contribution in [3.05, 3.63) is 36.5 Å². The molecule has 1 aromatic heterocycles. The number of hydrazone groups is 1. The van der Waals surface area contributed by atoms with E-state index in [1.807, 2.05) is 54.9 Å². The average Bonchev–Trinajstić information content (AvgIpc) is 2.86. The minimum Gasteiger partial charge on any atom is -0.338 e. The Morgan fingerprint density at radius 3 is 2.83 bits per heavy atom. The summed E-state index contributed by atoms with van der Waals surface area (Å²) in [5, 5.41) is 5.28. The maximum absolute atomic E-state index is 12.1. The molecule has 1 heterocycles. The van der Waals surface area contributed by atoms with Crippen molar-refractivity contribution < 1.29 is 9.59 Å². The zero-order valence-corrected chi connectivity index (χ0v) is 13.5. The number of nitrogens with one attached hydrogen (secondary N) is 1. The van der Waals surface area contributed by atoms with Gasteiger partial charge in [0.15, 0.2) is 0 Å². The fraction of sp³-hybridized carbons (Fsp3) is 0.389. The lowest BCUT2D eigenvalue weighted by Gasteiger charge is -2.29. The van der Waals surface area contributed by atoms with E-state index in [4.69, 9.17) is 0 Å². The predicted octanol–water partition coefficient (Wildman–Crippen LogP) is 2.89. The first-order valence-corrected chi connectivity index (χ1v) is 7.83. The summed E-state index contributed by atoms with van der Waals surface area (Å²) in [5.41, 5.74) is 4.29. The molecule has 0 atom stereocenters. The standard InChI is InChI=1S/C18H21N3O2/c1-18(2)10-14(9-15(22)11-18)19-20-17(23)12-21-8-7-13-5-3-4-6-16(13)21/h3-8H,9-12H2,1-2H3,(H,20,23)/b19-14-. The van der Waals surface area contributed by atoms with Gasteiger partial charge in [-0.05, 0) is 29.4 Å². The smallest absolute Gasteiger partial charge is 0.259 e. The molecule has 1 aliphatic rings. The van der Waals surface area contributed by atoms with Gasteiger partial charge in [0.2, 0.25) is 0 Å². The van der Waals surface area contributed by atoms with Crippen LogP contribution in [0.4, 0.5) is 0 Å². The second-order valence-electron chi connectivity index (χ2n) is 6.95. The van der Waals surface area contributed by atoms with E-state index in [9.17, 15) is 9.59 Å². The summed E-state index contributed by atoms with van der Waals surface area (Å²) in [7, 11) is 0. The monoisotopic (exact) mass is 311 g/mol. The molecule has 0 unspecified atom stereocenters. The van der Waals surface area contributed by atoms with Crippen LogP contribution < -0.4 is 5.43 Å². The molecule has 1 aromatic carbocycles. The van der Waals surface area contributed by atoms with Gasteiger partial charge in [0.05, 0.1) is 0 Å². The molecule has 2 aromatic rings. The van der Waals surface area contributed by atoms with E-state index in [-0.39, 0.29) is 23.7 Å². The number of carbonyl (C=O) groups excluding carboxylic acids is 2. The molecule has 0 spiro atoms. The van der Waals surface area contributed by atoms with Crippen LogP contribution in [0, 0.1) is 5.41 Å². The van der Waals surface area contributed by atoms with Crippen molar-refractivity contribution in [2.24, 2.45) is 10.5 Å².